The number of piperidine rings is 1. The van der Waals surface area contributed by atoms with Crippen LogP contribution >= 0.6 is 0 Å². The summed E-state index contributed by atoms with van der Waals surface area (Å²) in [6.45, 7) is 3.03. The maximum atomic E-state index is 12.4. The molecule has 2 N–H and O–H groups in total. The average molecular weight is 314 g/mol. The standard InChI is InChI=1S/C18H22N2O3/c1-2-3-4-5-17(22)19-15-8-6-14(7-9-15)18(23)20-12-10-16(21)11-13-20/h2-9,16,21H,10-13H2,1H3,(H,19,22). The van der Waals surface area contributed by atoms with Crippen LogP contribution in [0.15, 0.2) is 48.6 Å². The number of hydrogen-bond donors (Lipinski definition) is 2. The molecule has 2 amide bonds. The highest BCUT2D eigenvalue weighted by molar-refractivity contribution is 6.00. The van der Waals surface area contributed by atoms with Crippen molar-refractivity contribution in [3.8, 4) is 0 Å². The Kier molecular flexibility index (Phi) is 6.11. The third-order valence-corrected chi connectivity index (χ3v) is 3.70. The minimum absolute atomic E-state index is 0.0391. The summed E-state index contributed by atoms with van der Waals surface area (Å²) < 4.78 is 0. The lowest BCUT2D eigenvalue weighted by Gasteiger charge is -2.29. The smallest absolute Gasteiger partial charge is 0.253 e. The van der Waals surface area contributed by atoms with Crippen LogP contribution in [0, 0.1) is 0 Å². The highest BCUT2D eigenvalue weighted by Crippen LogP contribution is 2.16. The number of benzene rings is 1. The third-order valence-electron chi connectivity index (χ3n) is 3.70. The van der Waals surface area contributed by atoms with Gasteiger partial charge in [0.1, 0.15) is 0 Å². The summed E-state index contributed by atoms with van der Waals surface area (Å²) in [5.41, 5.74) is 1.23. The zero-order chi connectivity index (χ0) is 16.7. The predicted molar refractivity (Wildman–Crippen MR) is 90.2 cm³/mol. The second-order valence-electron chi connectivity index (χ2n) is 5.47. The molecule has 2 rings (SSSR count). The monoisotopic (exact) mass is 314 g/mol. The molecule has 5 heteroatoms. The molecule has 23 heavy (non-hydrogen) atoms. The van der Waals surface area contributed by atoms with Crippen molar-refractivity contribution in [1.29, 1.82) is 0 Å². The maximum Gasteiger partial charge on any atom is 0.253 e. The highest BCUT2D eigenvalue weighted by Gasteiger charge is 2.22. The van der Waals surface area contributed by atoms with Gasteiger partial charge in [-0.3, -0.25) is 9.59 Å². The Balaban J connectivity index is 1.93. The molecular formula is C18H22N2O3. The summed E-state index contributed by atoms with van der Waals surface area (Å²) >= 11 is 0. The first-order chi connectivity index (χ1) is 11.1. The van der Waals surface area contributed by atoms with Crippen molar-refractivity contribution in [1.82, 2.24) is 4.90 Å². The van der Waals surface area contributed by atoms with E-state index in [1.54, 1.807) is 41.3 Å². The fourth-order valence-corrected chi connectivity index (χ4v) is 2.39. The van der Waals surface area contributed by atoms with Gasteiger partial charge in [-0.05, 0) is 44.0 Å². The summed E-state index contributed by atoms with van der Waals surface area (Å²) in [7, 11) is 0. The molecule has 122 valence electrons. The van der Waals surface area contributed by atoms with E-state index in [-0.39, 0.29) is 17.9 Å². The van der Waals surface area contributed by atoms with E-state index in [1.165, 1.54) is 6.08 Å². The third kappa shape index (κ3) is 5.07. The van der Waals surface area contributed by atoms with Gasteiger partial charge in [-0.2, -0.15) is 0 Å². The number of carbonyl (C=O) groups is 2. The van der Waals surface area contributed by atoms with Crippen molar-refractivity contribution in [2.45, 2.75) is 25.9 Å². The van der Waals surface area contributed by atoms with Crippen LogP contribution in [0.2, 0.25) is 0 Å². The molecule has 0 saturated carbocycles. The SMILES string of the molecule is CC=CC=CC(=O)Nc1ccc(C(=O)N2CCC(O)CC2)cc1. The normalized spacial score (nSPS) is 16.2. The maximum absolute atomic E-state index is 12.4. The largest absolute Gasteiger partial charge is 0.393 e. The predicted octanol–water partition coefficient (Wildman–Crippen LogP) is 2.35. The first-order valence-corrected chi connectivity index (χ1v) is 7.78. The van der Waals surface area contributed by atoms with Crippen LogP contribution in [0.3, 0.4) is 0 Å². The van der Waals surface area contributed by atoms with Crippen molar-refractivity contribution < 1.29 is 14.7 Å². The summed E-state index contributed by atoms with van der Waals surface area (Å²) in [4.78, 5) is 25.8. The summed E-state index contributed by atoms with van der Waals surface area (Å²) in [5.74, 6) is -0.255. The van der Waals surface area contributed by atoms with Crippen LogP contribution in [-0.4, -0.2) is 41.0 Å². The van der Waals surface area contributed by atoms with E-state index in [9.17, 15) is 14.7 Å². The van der Waals surface area contributed by atoms with Crippen molar-refractivity contribution in [3.05, 3.63) is 54.1 Å². The molecular weight excluding hydrogens is 292 g/mol. The molecule has 0 atom stereocenters. The van der Waals surface area contributed by atoms with E-state index in [0.29, 0.717) is 37.2 Å². The minimum Gasteiger partial charge on any atom is -0.393 e. The van der Waals surface area contributed by atoms with Gasteiger partial charge in [0.15, 0.2) is 0 Å². The van der Waals surface area contributed by atoms with E-state index in [2.05, 4.69) is 5.32 Å². The Hall–Kier alpha value is -2.40. The van der Waals surface area contributed by atoms with E-state index < -0.39 is 0 Å². The van der Waals surface area contributed by atoms with E-state index in [0.717, 1.165) is 0 Å². The lowest BCUT2D eigenvalue weighted by Crippen LogP contribution is -2.40. The molecule has 0 aromatic heterocycles. The molecule has 0 radical (unpaired) electrons. The summed E-state index contributed by atoms with van der Waals surface area (Å²) in [5, 5.41) is 12.2. The molecule has 5 nitrogen and oxygen atoms in total. The number of likely N-dealkylation sites (tertiary alicyclic amines) is 1. The number of allylic oxidation sites excluding steroid dienone is 3. The van der Waals surface area contributed by atoms with Crippen LogP contribution in [0.5, 0.6) is 0 Å². The number of nitrogens with one attached hydrogen (secondary N) is 1. The van der Waals surface area contributed by atoms with Gasteiger partial charge in [-0.25, -0.2) is 0 Å². The minimum atomic E-state index is -0.299. The number of amides is 2. The highest BCUT2D eigenvalue weighted by atomic mass is 16.3. The fraction of sp³-hybridized carbons (Fsp3) is 0.333. The van der Waals surface area contributed by atoms with Crippen LogP contribution in [0.4, 0.5) is 5.69 Å². The average Bonchev–Trinajstić information content (AvgIpc) is 2.56. The molecule has 0 unspecified atom stereocenters. The van der Waals surface area contributed by atoms with E-state index in [1.807, 2.05) is 13.0 Å². The van der Waals surface area contributed by atoms with E-state index >= 15 is 0 Å². The molecule has 1 saturated heterocycles. The van der Waals surface area contributed by atoms with Gasteiger partial charge in [0.2, 0.25) is 5.91 Å². The van der Waals surface area contributed by atoms with Gasteiger partial charge in [-0.1, -0.05) is 18.2 Å². The number of anilines is 1. The van der Waals surface area contributed by atoms with Crippen molar-refractivity contribution in [2.24, 2.45) is 0 Å². The Labute approximate surface area is 136 Å². The quantitative estimate of drug-likeness (QED) is 0.662. The van der Waals surface area contributed by atoms with Gasteiger partial charge in [0.25, 0.3) is 5.91 Å². The molecule has 1 heterocycles. The molecule has 1 aromatic rings. The molecule has 0 spiro atoms. The number of nitrogens with zero attached hydrogens (tertiary/aromatic N) is 1. The van der Waals surface area contributed by atoms with Gasteiger partial charge in [-0.15, -0.1) is 0 Å². The molecule has 0 bridgehead atoms. The number of aliphatic hydroxyl groups is 1. The van der Waals surface area contributed by atoms with Gasteiger partial charge < -0.3 is 15.3 Å². The lowest BCUT2D eigenvalue weighted by molar-refractivity contribution is -0.111. The number of hydrogen-bond acceptors (Lipinski definition) is 3. The van der Waals surface area contributed by atoms with Gasteiger partial charge in [0, 0.05) is 30.4 Å². The van der Waals surface area contributed by atoms with E-state index in [4.69, 9.17) is 0 Å². The van der Waals surface area contributed by atoms with Crippen molar-refractivity contribution in [3.63, 3.8) is 0 Å². The van der Waals surface area contributed by atoms with Crippen LogP contribution < -0.4 is 5.32 Å². The molecule has 0 aliphatic carbocycles. The van der Waals surface area contributed by atoms with Crippen molar-refractivity contribution >= 4 is 17.5 Å². The molecule has 1 aliphatic rings. The number of rotatable bonds is 4. The Morgan fingerprint density at radius 1 is 1.17 bits per heavy atom. The van der Waals surface area contributed by atoms with Gasteiger partial charge >= 0.3 is 0 Å². The second-order valence-corrected chi connectivity index (χ2v) is 5.47. The molecule has 1 aromatic carbocycles. The second kappa shape index (κ2) is 8.29. The summed E-state index contributed by atoms with van der Waals surface area (Å²) in [6.07, 6.45) is 7.67. The van der Waals surface area contributed by atoms with Crippen LogP contribution in [-0.2, 0) is 4.79 Å². The zero-order valence-electron chi connectivity index (χ0n) is 13.2. The van der Waals surface area contributed by atoms with Crippen molar-refractivity contribution in [2.75, 3.05) is 18.4 Å². The first kappa shape index (κ1) is 17.0. The lowest BCUT2D eigenvalue weighted by atomic mass is 10.1. The van der Waals surface area contributed by atoms with Crippen LogP contribution in [0.25, 0.3) is 0 Å². The zero-order valence-corrected chi connectivity index (χ0v) is 13.2. The molecule has 1 fully saturated rings. The topological polar surface area (TPSA) is 69.6 Å². The first-order valence-electron chi connectivity index (χ1n) is 7.78. The Morgan fingerprint density at radius 2 is 1.83 bits per heavy atom. The number of aliphatic hydroxyl groups excluding tert-OH is 1. The molecule has 1 aliphatic heterocycles. The van der Waals surface area contributed by atoms with Crippen LogP contribution in [0.1, 0.15) is 30.1 Å². The number of carbonyl (C=O) groups excluding carboxylic acids is 2. The Bertz CT molecular complexity index is 597. The summed E-state index contributed by atoms with van der Waals surface area (Å²) in [6, 6.07) is 6.85. The Morgan fingerprint density at radius 3 is 2.43 bits per heavy atom. The van der Waals surface area contributed by atoms with Gasteiger partial charge in [0.05, 0.1) is 6.10 Å². The fourth-order valence-electron chi connectivity index (χ4n) is 2.39.